The smallest absolute Gasteiger partial charge is 0.404 e. The molecule has 0 bridgehead atoms. The minimum absolute atomic E-state index is 0.0231. The Labute approximate surface area is 108 Å². The van der Waals surface area contributed by atoms with Gasteiger partial charge in [-0.3, -0.25) is 0 Å². The minimum atomic E-state index is -4.71. The molecule has 0 aromatic heterocycles. The van der Waals surface area contributed by atoms with Gasteiger partial charge in [0.25, 0.3) is 0 Å². The van der Waals surface area contributed by atoms with E-state index < -0.39 is 6.36 Å². The zero-order chi connectivity index (χ0) is 13.2. The number of hydrogen-bond acceptors (Lipinski definition) is 2. The molecule has 18 heavy (non-hydrogen) atoms. The molecule has 0 radical (unpaired) electrons. The van der Waals surface area contributed by atoms with Gasteiger partial charge in [0.05, 0.1) is 5.02 Å². The third-order valence-electron chi connectivity index (χ3n) is 2.99. The van der Waals surface area contributed by atoms with Gasteiger partial charge in [-0.05, 0) is 49.5 Å². The summed E-state index contributed by atoms with van der Waals surface area (Å²) < 4.78 is 40.5. The van der Waals surface area contributed by atoms with Crippen LogP contribution in [0.4, 0.5) is 13.2 Å². The maximum Gasteiger partial charge on any atom is 0.573 e. The molecule has 1 fully saturated rings. The molecule has 0 aliphatic carbocycles. The number of benzene rings is 1. The lowest BCUT2D eigenvalue weighted by Crippen LogP contribution is -2.26. The summed E-state index contributed by atoms with van der Waals surface area (Å²) in [5.74, 6) is -0.0562. The van der Waals surface area contributed by atoms with E-state index in [-0.39, 0.29) is 16.7 Å². The standard InChI is InChI=1S/C12H13ClF3NO/c13-10-2-1-9(8-3-5-17-6-4-8)7-11(10)18-12(14,15)16/h1-2,7-8,17H,3-6H2. The van der Waals surface area contributed by atoms with E-state index in [1.54, 1.807) is 6.07 Å². The molecule has 0 amide bonds. The highest BCUT2D eigenvalue weighted by molar-refractivity contribution is 6.32. The van der Waals surface area contributed by atoms with Crippen LogP contribution in [0.25, 0.3) is 0 Å². The summed E-state index contributed by atoms with van der Waals surface area (Å²) in [4.78, 5) is 0. The fourth-order valence-electron chi connectivity index (χ4n) is 2.13. The maximum absolute atomic E-state index is 12.2. The SMILES string of the molecule is FC(F)(F)Oc1cc(C2CCNCC2)ccc1Cl. The first-order valence-electron chi connectivity index (χ1n) is 5.71. The average Bonchev–Trinajstić information content (AvgIpc) is 2.31. The van der Waals surface area contributed by atoms with Crippen LogP contribution in [-0.2, 0) is 0 Å². The van der Waals surface area contributed by atoms with E-state index in [2.05, 4.69) is 10.1 Å². The summed E-state index contributed by atoms with van der Waals surface area (Å²) in [6.45, 7) is 1.76. The molecule has 0 atom stereocenters. The minimum Gasteiger partial charge on any atom is -0.404 e. The third kappa shape index (κ3) is 3.53. The molecule has 0 spiro atoms. The van der Waals surface area contributed by atoms with Crippen molar-refractivity contribution < 1.29 is 17.9 Å². The van der Waals surface area contributed by atoms with Gasteiger partial charge < -0.3 is 10.1 Å². The van der Waals surface area contributed by atoms with E-state index in [0.717, 1.165) is 31.5 Å². The molecule has 1 aromatic rings. The van der Waals surface area contributed by atoms with Gasteiger partial charge in [0.2, 0.25) is 0 Å². The molecule has 0 saturated carbocycles. The Hall–Kier alpha value is -0.940. The van der Waals surface area contributed by atoms with Crippen LogP contribution in [-0.4, -0.2) is 19.5 Å². The number of halogens is 4. The lowest BCUT2D eigenvalue weighted by atomic mass is 9.90. The van der Waals surface area contributed by atoms with E-state index in [4.69, 9.17) is 11.6 Å². The summed E-state index contributed by atoms with van der Waals surface area (Å²) in [7, 11) is 0. The molecule has 1 aliphatic heterocycles. The van der Waals surface area contributed by atoms with Crippen molar-refractivity contribution in [3.8, 4) is 5.75 Å². The van der Waals surface area contributed by atoms with Crippen LogP contribution in [0.1, 0.15) is 24.3 Å². The fraction of sp³-hybridized carbons (Fsp3) is 0.500. The first-order valence-corrected chi connectivity index (χ1v) is 6.09. The van der Waals surface area contributed by atoms with Gasteiger partial charge in [0.1, 0.15) is 5.75 Å². The number of rotatable bonds is 2. The predicted molar refractivity (Wildman–Crippen MR) is 63.0 cm³/mol. The molecule has 1 heterocycles. The summed E-state index contributed by atoms with van der Waals surface area (Å²) in [6.07, 6.45) is -2.89. The van der Waals surface area contributed by atoms with Crippen LogP contribution < -0.4 is 10.1 Å². The number of hydrogen-bond donors (Lipinski definition) is 1. The largest absolute Gasteiger partial charge is 0.573 e. The Morgan fingerprint density at radius 1 is 1.22 bits per heavy atom. The van der Waals surface area contributed by atoms with Crippen LogP contribution in [0, 0.1) is 0 Å². The van der Waals surface area contributed by atoms with Crippen molar-refractivity contribution in [2.24, 2.45) is 0 Å². The van der Waals surface area contributed by atoms with Gasteiger partial charge in [-0.1, -0.05) is 17.7 Å². The van der Waals surface area contributed by atoms with Gasteiger partial charge in [-0.15, -0.1) is 13.2 Å². The highest BCUT2D eigenvalue weighted by atomic mass is 35.5. The monoisotopic (exact) mass is 279 g/mol. The molecule has 1 aromatic carbocycles. The molecule has 1 aliphatic rings. The Morgan fingerprint density at radius 3 is 2.50 bits per heavy atom. The molecular weight excluding hydrogens is 267 g/mol. The Kier molecular flexibility index (Phi) is 4.02. The van der Waals surface area contributed by atoms with Gasteiger partial charge in [0.15, 0.2) is 0 Å². The average molecular weight is 280 g/mol. The number of ether oxygens (including phenoxy) is 1. The van der Waals surface area contributed by atoms with Crippen LogP contribution in [0.2, 0.25) is 5.02 Å². The van der Waals surface area contributed by atoms with Crippen molar-refractivity contribution in [3.63, 3.8) is 0 Å². The van der Waals surface area contributed by atoms with E-state index in [9.17, 15) is 13.2 Å². The zero-order valence-electron chi connectivity index (χ0n) is 9.56. The van der Waals surface area contributed by atoms with Crippen LogP contribution in [0.3, 0.4) is 0 Å². The van der Waals surface area contributed by atoms with Gasteiger partial charge >= 0.3 is 6.36 Å². The Balaban J connectivity index is 2.19. The second-order valence-corrected chi connectivity index (χ2v) is 4.67. The summed E-state index contributed by atoms with van der Waals surface area (Å²) in [5, 5.41) is 3.19. The first kappa shape index (κ1) is 13.5. The number of piperidine rings is 1. The lowest BCUT2D eigenvalue weighted by molar-refractivity contribution is -0.274. The highest BCUT2D eigenvalue weighted by Crippen LogP contribution is 2.35. The van der Waals surface area contributed by atoms with Crippen molar-refractivity contribution in [1.29, 1.82) is 0 Å². The second kappa shape index (κ2) is 5.36. The quantitative estimate of drug-likeness (QED) is 0.891. The molecule has 6 heteroatoms. The first-order chi connectivity index (χ1) is 8.46. The fourth-order valence-corrected chi connectivity index (χ4v) is 2.29. The van der Waals surface area contributed by atoms with Crippen molar-refractivity contribution in [1.82, 2.24) is 5.32 Å². The van der Waals surface area contributed by atoms with E-state index in [1.807, 2.05) is 0 Å². The van der Waals surface area contributed by atoms with E-state index in [0.29, 0.717) is 0 Å². The normalized spacial score (nSPS) is 17.8. The van der Waals surface area contributed by atoms with Gasteiger partial charge in [-0.2, -0.15) is 0 Å². The molecule has 100 valence electrons. The number of nitrogens with one attached hydrogen (secondary N) is 1. The van der Waals surface area contributed by atoms with Crippen LogP contribution in [0.15, 0.2) is 18.2 Å². The van der Waals surface area contributed by atoms with Gasteiger partial charge in [0, 0.05) is 0 Å². The molecule has 0 unspecified atom stereocenters. The van der Waals surface area contributed by atoms with E-state index in [1.165, 1.54) is 12.1 Å². The maximum atomic E-state index is 12.2. The van der Waals surface area contributed by atoms with Crippen molar-refractivity contribution in [3.05, 3.63) is 28.8 Å². The van der Waals surface area contributed by atoms with Crippen molar-refractivity contribution in [2.45, 2.75) is 25.1 Å². The van der Waals surface area contributed by atoms with Gasteiger partial charge in [-0.25, -0.2) is 0 Å². The molecular formula is C12H13ClF3NO. The van der Waals surface area contributed by atoms with Crippen molar-refractivity contribution in [2.75, 3.05) is 13.1 Å². The van der Waals surface area contributed by atoms with Crippen LogP contribution in [0.5, 0.6) is 5.75 Å². The summed E-state index contributed by atoms with van der Waals surface area (Å²) >= 11 is 5.70. The lowest BCUT2D eigenvalue weighted by Gasteiger charge is -2.23. The van der Waals surface area contributed by atoms with Crippen LogP contribution >= 0.6 is 11.6 Å². The highest BCUT2D eigenvalue weighted by Gasteiger charge is 2.32. The Bertz CT molecular complexity index is 416. The molecule has 1 saturated heterocycles. The second-order valence-electron chi connectivity index (χ2n) is 4.26. The number of alkyl halides is 3. The predicted octanol–water partition coefficient (Wildman–Crippen LogP) is 3.71. The Morgan fingerprint density at radius 2 is 1.89 bits per heavy atom. The molecule has 1 N–H and O–H groups in total. The van der Waals surface area contributed by atoms with Crippen molar-refractivity contribution >= 4 is 11.6 Å². The molecule has 2 nitrogen and oxygen atoms in total. The third-order valence-corrected chi connectivity index (χ3v) is 3.30. The summed E-state index contributed by atoms with van der Waals surface area (Å²) in [6, 6.07) is 4.62. The topological polar surface area (TPSA) is 21.3 Å². The zero-order valence-corrected chi connectivity index (χ0v) is 10.3. The summed E-state index contributed by atoms with van der Waals surface area (Å²) in [5.41, 5.74) is 0.847. The van der Waals surface area contributed by atoms with E-state index >= 15 is 0 Å². The molecule has 2 rings (SSSR count).